The van der Waals surface area contributed by atoms with Gasteiger partial charge in [-0.25, -0.2) is 4.98 Å². The molecule has 152 valence electrons. The van der Waals surface area contributed by atoms with Crippen molar-refractivity contribution in [3.8, 4) is 22.1 Å². The maximum absolute atomic E-state index is 5.80. The van der Waals surface area contributed by atoms with E-state index in [4.69, 9.17) is 14.5 Å². The van der Waals surface area contributed by atoms with E-state index in [0.717, 1.165) is 60.5 Å². The highest BCUT2D eigenvalue weighted by molar-refractivity contribution is 7.13. The summed E-state index contributed by atoms with van der Waals surface area (Å²) in [7, 11) is 1.69. The molecule has 0 bridgehead atoms. The lowest BCUT2D eigenvalue weighted by Crippen LogP contribution is -2.46. The molecule has 0 amide bonds. The van der Waals surface area contributed by atoms with Crippen LogP contribution in [-0.4, -0.2) is 49.8 Å². The van der Waals surface area contributed by atoms with Crippen molar-refractivity contribution in [2.45, 2.75) is 13.5 Å². The standard InChI is InChI=1S/C23H27N3O2S/c1-3-28-22-7-5-4-6-21(22)26-14-12-25(13-15-26)16-19-17-29-23(24-19)18-8-10-20(27-2)11-9-18/h4-11,17H,3,12-16H2,1-2H3. The van der Waals surface area contributed by atoms with Crippen LogP contribution in [0.4, 0.5) is 5.69 Å². The summed E-state index contributed by atoms with van der Waals surface area (Å²) in [4.78, 5) is 9.75. The molecule has 0 saturated carbocycles. The van der Waals surface area contributed by atoms with Crippen molar-refractivity contribution in [3.63, 3.8) is 0 Å². The van der Waals surface area contributed by atoms with E-state index in [9.17, 15) is 0 Å². The van der Waals surface area contributed by atoms with Crippen molar-refractivity contribution in [2.24, 2.45) is 0 Å². The smallest absolute Gasteiger partial charge is 0.142 e. The second-order valence-electron chi connectivity index (χ2n) is 7.04. The predicted octanol–water partition coefficient (Wildman–Crippen LogP) is 4.54. The van der Waals surface area contributed by atoms with Crippen molar-refractivity contribution >= 4 is 17.0 Å². The number of aromatic nitrogens is 1. The largest absolute Gasteiger partial charge is 0.497 e. The molecule has 0 N–H and O–H groups in total. The number of anilines is 1. The molecule has 4 rings (SSSR count). The van der Waals surface area contributed by atoms with Gasteiger partial charge in [-0.15, -0.1) is 11.3 Å². The van der Waals surface area contributed by atoms with Crippen LogP contribution in [0.3, 0.4) is 0 Å². The number of rotatable bonds is 7. The van der Waals surface area contributed by atoms with Crippen LogP contribution < -0.4 is 14.4 Å². The van der Waals surface area contributed by atoms with Gasteiger partial charge < -0.3 is 14.4 Å². The van der Waals surface area contributed by atoms with Gasteiger partial charge in [0.15, 0.2) is 0 Å². The van der Waals surface area contributed by atoms with Crippen LogP contribution in [0, 0.1) is 0 Å². The Kier molecular flexibility index (Phi) is 6.32. The third-order valence-electron chi connectivity index (χ3n) is 5.15. The van der Waals surface area contributed by atoms with Gasteiger partial charge in [-0.2, -0.15) is 0 Å². The van der Waals surface area contributed by atoms with Gasteiger partial charge in [-0.3, -0.25) is 4.90 Å². The molecule has 2 heterocycles. The lowest BCUT2D eigenvalue weighted by atomic mass is 10.2. The molecule has 0 unspecified atom stereocenters. The first-order chi connectivity index (χ1) is 14.3. The molecule has 5 nitrogen and oxygen atoms in total. The fourth-order valence-electron chi connectivity index (χ4n) is 3.62. The number of methoxy groups -OCH3 is 1. The number of thiazole rings is 1. The minimum Gasteiger partial charge on any atom is -0.497 e. The lowest BCUT2D eigenvalue weighted by Gasteiger charge is -2.36. The molecular weight excluding hydrogens is 382 g/mol. The molecule has 0 aliphatic carbocycles. The van der Waals surface area contributed by atoms with E-state index in [1.165, 1.54) is 5.69 Å². The SMILES string of the molecule is CCOc1ccccc1N1CCN(Cc2csc(-c3ccc(OC)cc3)n2)CC1. The molecule has 1 aromatic heterocycles. The second kappa shape index (κ2) is 9.29. The van der Waals surface area contributed by atoms with Gasteiger partial charge >= 0.3 is 0 Å². The second-order valence-corrected chi connectivity index (χ2v) is 7.89. The zero-order chi connectivity index (χ0) is 20.1. The van der Waals surface area contributed by atoms with Crippen LogP contribution in [-0.2, 0) is 6.54 Å². The van der Waals surface area contributed by atoms with E-state index in [1.54, 1.807) is 18.4 Å². The van der Waals surface area contributed by atoms with Gasteiger partial charge in [0.1, 0.15) is 16.5 Å². The molecule has 1 aliphatic rings. The van der Waals surface area contributed by atoms with Crippen LogP contribution in [0.2, 0.25) is 0 Å². The van der Waals surface area contributed by atoms with Crippen LogP contribution in [0.25, 0.3) is 10.6 Å². The summed E-state index contributed by atoms with van der Waals surface area (Å²) < 4.78 is 11.0. The van der Waals surface area contributed by atoms with Crippen LogP contribution in [0.1, 0.15) is 12.6 Å². The van der Waals surface area contributed by atoms with Crippen LogP contribution in [0.5, 0.6) is 11.5 Å². The highest BCUT2D eigenvalue weighted by Gasteiger charge is 2.20. The number of hydrogen-bond donors (Lipinski definition) is 0. The lowest BCUT2D eigenvalue weighted by molar-refractivity contribution is 0.246. The minimum absolute atomic E-state index is 0.692. The Morgan fingerprint density at radius 3 is 2.48 bits per heavy atom. The first-order valence-electron chi connectivity index (χ1n) is 10.0. The number of ether oxygens (including phenoxy) is 2. The van der Waals surface area contributed by atoms with Crippen molar-refractivity contribution in [1.82, 2.24) is 9.88 Å². The van der Waals surface area contributed by atoms with E-state index in [-0.39, 0.29) is 0 Å². The molecule has 29 heavy (non-hydrogen) atoms. The highest BCUT2D eigenvalue weighted by atomic mass is 32.1. The normalized spacial score (nSPS) is 14.8. The monoisotopic (exact) mass is 409 g/mol. The van der Waals surface area contributed by atoms with E-state index in [0.29, 0.717) is 6.61 Å². The summed E-state index contributed by atoms with van der Waals surface area (Å²) in [6, 6.07) is 16.4. The number of hydrogen-bond acceptors (Lipinski definition) is 6. The summed E-state index contributed by atoms with van der Waals surface area (Å²) in [6.45, 7) is 7.67. The van der Waals surface area contributed by atoms with E-state index < -0.39 is 0 Å². The van der Waals surface area contributed by atoms with Crippen molar-refractivity contribution in [1.29, 1.82) is 0 Å². The van der Waals surface area contributed by atoms with Gasteiger partial charge in [-0.1, -0.05) is 12.1 Å². The molecular formula is C23H27N3O2S. The van der Waals surface area contributed by atoms with Crippen molar-refractivity contribution < 1.29 is 9.47 Å². The first-order valence-corrected chi connectivity index (χ1v) is 10.9. The molecule has 1 fully saturated rings. The Morgan fingerprint density at radius 2 is 1.76 bits per heavy atom. The maximum atomic E-state index is 5.80. The first kappa shape index (κ1) is 19.7. The van der Waals surface area contributed by atoms with Crippen LogP contribution >= 0.6 is 11.3 Å². The fourth-order valence-corrected chi connectivity index (χ4v) is 4.43. The Balaban J connectivity index is 1.35. The summed E-state index contributed by atoms with van der Waals surface area (Å²) >= 11 is 1.70. The molecule has 1 aliphatic heterocycles. The van der Waals surface area contributed by atoms with Gasteiger partial charge in [0, 0.05) is 43.7 Å². The van der Waals surface area contributed by atoms with E-state index in [2.05, 4.69) is 45.5 Å². The molecule has 0 spiro atoms. The molecule has 3 aromatic rings. The van der Waals surface area contributed by atoms with Crippen LogP contribution in [0.15, 0.2) is 53.9 Å². The molecule has 2 aromatic carbocycles. The summed E-state index contributed by atoms with van der Waals surface area (Å²) in [6.07, 6.45) is 0. The fraction of sp³-hybridized carbons (Fsp3) is 0.348. The summed E-state index contributed by atoms with van der Waals surface area (Å²) in [5.41, 5.74) is 3.48. The van der Waals surface area contributed by atoms with E-state index in [1.807, 2.05) is 25.1 Å². The number of para-hydroxylation sites is 2. The Labute approximate surface area is 176 Å². The Morgan fingerprint density at radius 1 is 1.00 bits per heavy atom. The Bertz CT molecular complexity index is 918. The highest BCUT2D eigenvalue weighted by Crippen LogP contribution is 2.30. The summed E-state index contributed by atoms with van der Waals surface area (Å²) in [5, 5.41) is 3.24. The van der Waals surface area contributed by atoms with Gasteiger partial charge in [0.25, 0.3) is 0 Å². The van der Waals surface area contributed by atoms with Crippen molar-refractivity contribution in [2.75, 3.05) is 44.8 Å². The van der Waals surface area contributed by atoms with Gasteiger partial charge in [0.2, 0.25) is 0 Å². The van der Waals surface area contributed by atoms with Gasteiger partial charge in [0.05, 0.1) is 25.1 Å². The minimum atomic E-state index is 0.692. The molecule has 0 atom stereocenters. The quantitative estimate of drug-likeness (QED) is 0.573. The average Bonchev–Trinajstić information content (AvgIpc) is 3.23. The average molecular weight is 410 g/mol. The predicted molar refractivity (Wildman–Crippen MR) is 119 cm³/mol. The molecule has 1 saturated heterocycles. The third kappa shape index (κ3) is 4.71. The number of nitrogens with zero attached hydrogens (tertiary/aromatic N) is 3. The van der Waals surface area contributed by atoms with Gasteiger partial charge in [-0.05, 0) is 43.3 Å². The summed E-state index contributed by atoms with van der Waals surface area (Å²) in [5.74, 6) is 1.85. The zero-order valence-electron chi connectivity index (χ0n) is 17.0. The van der Waals surface area contributed by atoms with E-state index >= 15 is 0 Å². The molecule has 6 heteroatoms. The maximum Gasteiger partial charge on any atom is 0.142 e. The number of piperazine rings is 1. The molecule has 0 radical (unpaired) electrons. The Hall–Kier alpha value is -2.57. The topological polar surface area (TPSA) is 37.8 Å². The third-order valence-corrected chi connectivity index (χ3v) is 6.09. The van der Waals surface area contributed by atoms with Crippen molar-refractivity contribution in [3.05, 3.63) is 59.6 Å². The zero-order valence-corrected chi connectivity index (χ0v) is 17.8. The number of benzene rings is 2.